The molecule has 726 valence electrons. The van der Waals surface area contributed by atoms with Crippen LogP contribution in [-0.4, -0.2) is 103 Å². The lowest BCUT2D eigenvalue weighted by Crippen LogP contribution is -2.39. The van der Waals surface area contributed by atoms with Crippen LogP contribution in [0, 0.1) is 36.5 Å². The Morgan fingerprint density at radius 1 is 0.342 bits per heavy atom. The molecule has 0 spiro atoms. The molecule has 20 aromatic rings. The maximum atomic E-state index is 12.0. The minimum absolute atomic E-state index is 0.00122. The third-order valence-corrected chi connectivity index (χ3v) is 25.2. The minimum atomic E-state index is -0.00122. The molecule has 12 aromatic carbocycles. The fraction of sp³-hybridized carbons (Fsp3) is 0.167. The van der Waals surface area contributed by atoms with Crippen molar-refractivity contribution >= 4 is 73.3 Å². The van der Waals surface area contributed by atoms with E-state index < -0.39 is 0 Å². The predicted molar refractivity (Wildman–Crippen MR) is 559 cm³/mol. The van der Waals surface area contributed by atoms with Gasteiger partial charge in [0, 0.05) is 85.7 Å². The van der Waals surface area contributed by atoms with Crippen LogP contribution in [0.3, 0.4) is 0 Å². The molecule has 1 aliphatic carbocycles. The van der Waals surface area contributed by atoms with Gasteiger partial charge in [-0.15, -0.1) is 0 Å². The number of ether oxygens (including phenoxy) is 8. The monoisotopic (exact) mass is 1940 g/mol. The van der Waals surface area contributed by atoms with E-state index in [1.807, 2.05) is 302 Å². The molecule has 32 nitrogen and oxygen atoms in total. The highest BCUT2D eigenvalue weighted by Crippen LogP contribution is 2.42. The topological polar surface area (TPSA) is 420 Å². The number of nitrogens with two attached hydrogens (primary N) is 4. The van der Waals surface area contributed by atoms with Crippen molar-refractivity contribution in [3.05, 3.63) is 361 Å². The van der Waals surface area contributed by atoms with E-state index in [2.05, 4.69) is 81.3 Å². The number of carbonyl (C=O) groups is 1. The lowest BCUT2D eigenvalue weighted by molar-refractivity contribution is -0.130. The number of hydrogen-bond acceptors (Lipinski definition) is 27. The first-order chi connectivity index (χ1) is 71.3. The van der Waals surface area contributed by atoms with Gasteiger partial charge in [0.25, 0.3) is 0 Å². The first-order valence-corrected chi connectivity index (χ1v) is 47.5. The SMILES string of the molecule is CC(=O)N1CCC[C@@H](n2nc(-c3ccc(Oc4cccc(OCc5ccccc5C#N)c4)cc3)c3c(N)ncnc32)C1.Cc1ccccc1COc1cccc(Oc2ccc(-c3nn(C4CCCC4)c4ncnc(N)c34)cc2)c1.Cc1ccccc1OCc1cccc(Oc2ccc(-c3nn(C)c4ncnc(N)c34)cc2)c1.Cn1nc(-c2ccc(Oc3cccc(OCc4ccccc4C#N)c3)cc2)c2c(N)ncnc21. The number of para-hydroxylation sites is 1. The van der Waals surface area contributed by atoms with Crippen LogP contribution in [-0.2, 0) is 45.3 Å². The smallest absolute Gasteiger partial charge is 0.219 e. The number of nitriles is 2. The van der Waals surface area contributed by atoms with Crippen LogP contribution in [0.2, 0.25) is 0 Å². The molecular formula is C114H101N23O9. The molecule has 22 rings (SSSR count). The van der Waals surface area contributed by atoms with E-state index in [4.69, 9.17) is 71.0 Å². The van der Waals surface area contributed by atoms with Crippen molar-refractivity contribution in [2.75, 3.05) is 36.0 Å². The van der Waals surface area contributed by atoms with E-state index in [1.54, 1.807) is 28.4 Å². The average Bonchev–Trinajstić information content (AvgIpc) is 1.61. The fourth-order valence-corrected chi connectivity index (χ4v) is 17.6. The van der Waals surface area contributed by atoms with Gasteiger partial charge in [0.15, 0.2) is 22.6 Å². The molecular weight excluding hydrogens is 1840 g/mol. The third kappa shape index (κ3) is 22.2. The molecule has 9 heterocycles. The van der Waals surface area contributed by atoms with Crippen molar-refractivity contribution in [2.24, 2.45) is 14.1 Å². The molecule has 1 aliphatic heterocycles. The highest BCUT2D eigenvalue weighted by molar-refractivity contribution is 6.01. The number of amides is 1. The van der Waals surface area contributed by atoms with E-state index in [9.17, 15) is 15.3 Å². The van der Waals surface area contributed by atoms with Crippen molar-refractivity contribution in [3.8, 4) is 126 Å². The summed E-state index contributed by atoms with van der Waals surface area (Å²) < 4.78 is 55.4. The van der Waals surface area contributed by atoms with Crippen LogP contribution < -0.4 is 60.8 Å². The fourth-order valence-electron chi connectivity index (χ4n) is 17.6. The standard InChI is InChI=1S/C32H29N7O3.C30H29N5O2.C26H20N6O2.C26H23N5O2/c1-21(40)38-15-5-8-25(18-38)39-32-29(31(34)35-20-36-32)30(37-39)22-11-13-26(14-12-22)42-28-10-4-9-27(16-28)41-19-24-7-3-2-6-23(24)17-33;1-20-7-2-3-8-22(20)18-36-25-11-6-12-26(17-25)37-24-15-13-21(14-16-24)28-27-29(31)32-19-33-30(27)35(34-28)23-9-4-5-10-23;1-32-26-23(25(28)29-16-30-26)24(31-32)17-9-11-20(12-10-17)34-22-8-4-7-21(13-22)33-15-19-6-3-2-5-18(19)14-27;1-17-6-3-4-9-22(17)32-15-18-7-5-8-21(14-18)33-20-12-10-19(11-13-20)24-23-25(27)28-16-29-26(23)31(2)30-24/h2-4,6-7,9-14,16,20,25H,5,8,15,18-19H2,1H3,(H2,34,35,36);2-3,6-8,11-17,19,23H,4-5,9-10,18H2,1H3,(H2,31,32,33);2-13,16H,15H2,1H3,(H2,28,29,30);3-14,16H,15H2,1-2H3,(H2,27,28,29)/t25-;;;/m1.../s1. The predicted octanol–water partition coefficient (Wildman–Crippen LogP) is 22.5. The lowest BCUT2D eigenvalue weighted by Gasteiger charge is -2.32. The largest absolute Gasteiger partial charge is 0.489 e. The Balaban J connectivity index is 0.000000123. The summed E-state index contributed by atoms with van der Waals surface area (Å²) in [6.45, 7) is 8.61. The van der Waals surface area contributed by atoms with Crippen LogP contribution >= 0.6 is 0 Å². The van der Waals surface area contributed by atoms with Gasteiger partial charge in [-0.2, -0.15) is 30.9 Å². The van der Waals surface area contributed by atoms with Crippen LogP contribution in [0.5, 0.6) is 69.0 Å². The van der Waals surface area contributed by atoms with Crippen molar-refractivity contribution < 1.29 is 42.7 Å². The molecule has 32 heteroatoms. The summed E-state index contributed by atoms with van der Waals surface area (Å²) in [5.74, 6) is 10.1. The number of aromatic nitrogens is 16. The molecule has 1 amide bonds. The van der Waals surface area contributed by atoms with Crippen molar-refractivity contribution in [3.63, 3.8) is 0 Å². The van der Waals surface area contributed by atoms with Gasteiger partial charge >= 0.3 is 0 Å². The van der Waals surface area contributed by atoms with Gasteiger partial charge in [-0.05, 0) is 226 Å². The second-order valence-corrected chi connectivity index (χ2v) is 35.0. The Bertz CT molecular complexity index is 8180. The zero-order valence-corrected chi connectivity index (χ0v) is 80.6. The Kier molecular flexibility index (Phi) is 29.0. The van der Waals surface area contributed by atoms with Crippen molar-refractivity contribution in [1.82, 2.24) is 83.9 Å². The highest BCUT2D eigenvalue weighted by atomic mass is 16.5. The van der Waals surface area contributed by atoms with Crippen LogP contribution in [0.4, 0.5) is 23.3 Å². The Hall–Kier alpha value is -19.1. The van der Waals surface area contributed by atoms with E-state index in [-0.39, 0.29) is 18.6 Å². The number of fused-ring (bicyclic) bond motifs is 4. The van der Waals surface area contributed by atoms with Crippen LogP contribution in [0.25, 0.3) is 89.2 Å². The van der Waals surface area contributed by atoms with Gasteiger partial charge in [-0.25, -0.2) is 58.6 Å². The minimum Gasteiger partial charge on any atom is -0.489 e. The van der Waals surface area contributed by atoms with Gasteiger partial charge < -0.3 is 65.7 Å². The van der Waals surface area contributed by atoms with E-state index >= 15 is 0 Å². The van der Waals surface area contributed by atoms with Crippen molar-refractivity contribution in [1.29, 1.82) is 10.5 Å². The van der Waals surface area contributed by atoms with Crippen LogP contribution in [0.15, 0.2) is 316 Å². The molecule has 146 heavy (non-hydrogen) atoms. The number of nitrogens with zero attached hydrogens (tertiary/aromatic N) is 19. The second-order valence-electron chi connectivity index (χ2n) is 35.0. The summed E-state index contributed by atoms with van der Waals surface area (Å²) in [6, 6.07) is 96.8. The summed E-state index contributed by atoms with van der Waals surface area (Å²) in [5, 5.41) is 40.6. The zero-order valence-electron chi connectivity index (χ0n) is 80.6. The molecule has 0 bridgehead atoms. The maximum absolute atomic E-state index is 12.0. The summed E-state index contributed by atoms with van der Waals surface area (Å²) >= 11 is 0. The molecule has 1 saturated heterocycles. The number of rotatable bonds is 26. The number of benzene rings is 12. The molecule has 2 aliphatic rings. The molecule has 0 unspecified atom stereocenters. The molecule has 1 saturated carbocycles. The molecule has 2 fully saturated rings. The first-order valence-electron chi connectivity index (χ1n) is 47.5. The molecule has 1 atom stereocenters. The summed E-state index contributed by atoms with van der Waals surface area (Å²) in [6.07, 6.45) is 12.3. The van der Waals surface area contributed by atoms with Gasteiger partial charge in [-0.1, -0.05) is 122 Å². The number of anilines is 4. The lowest BCUT2D eigenvalue weighted by atomic mass is 10.1. The number of aryl methyl sites for hydroxylation is 4. The number of piperidine rings is 1. The summed E-state index contributed by atoms with van der Waals surface area (Å²) in [5.41, 5.74) is 41.5. The number of hydrogen-bond donors (Lipinski definition) is 4. The summed E-state index contributed by atoms with van der Waals surface area (Å²) in [4.78, 5) is 48.1. The number of nitrogen functional groups attached to an aromatic ring is 4. The summed E-state index contributed by atoms with van der Waals surface area (Å²) in [7, 11) is 3.66. The normalized spacial score (nSPS) is 12.7. The molecule has 0 radical (unpaired) electrons. The third-order valence-electron chi connectivity index (χ3n) is 25.2. The Morgan fingerprint density at radius 3 is 1.10 bits per heavy atom. The van der Waals surface area contributed by atoms with Gasteiger partial charge in [-0.3, -0.25) is 4.79 Å². The van der Waals surface area contributed by atoms with E-state index in [0.29, 0.717) is 135 Å². The zero-order chi connectivity index (χ0) is 101. The van der Waals surface area contributed by atoms with Gasteiger partial charge in [0.05, 0.1) is 56.9 Å². The Labute approximate surface area is 840 Å². The molecule has 8 aromatic heterocycles. The van der Waals surface area contributed by atoms with Gasteiger partial charge in [0.2, 0.25) is 5.91 Å². The Morgan fingerprint density at radius 2 is 0.685 bits per heavy atom. The van der Waals surface area contributed by atoms with Crippen molar-refractivity contribution in [2.45, 2.75) is 97.8 Å². The molecule has 8 N–H and O–H groups in total. The first kappa shape index (κ1) is 95.8. The average molecular weight is 1940 g/mol. The number of likely N-dealkylation sites (tertiary alicyclic amines) is 1. The van der Waals surface area contributed by atoms with E-state index in [1.165, 1.54) is 49.3 Å². The number of carbonyl (C=O) groups excluding carboxylic acids is 1. The highest BCUT2D eigenvalue weighted by Gasteiger charge is 2.30. The maximum Gasteiger partial charge on any atom is 0.219 e. The quantitative estimate of drug-likeness (QED) is 0.0391. The van der Waals surface area contributed by atoms with Gasteiger partial charge in [0.1, 0.15) is 167 Å². The second kappa shape index (κ2) is 44.2. The van der Waals surface area contributed by atoms with E-state index in [0.717, 1.165) is 144 Å². The van der Waals surface area contributed by atoms with Crippen LogP contribution in [0.1, 0.15) is 102 Å².